The Morgan fingerprint density at radius 1 is 1.40 bits per heavy atom. The lowest BCUT2D eigenvalue weighted by atomic mass is 10.2. The highest BCUT2D eigenvalue weighted by molar-refractivity contribution is 7.13. The molecule has 1 atom stereocenters. The number of amides is 1. The zero-order valence-corrected chi connectivity index (χ0v) is 14.6. The number of nitrogens with zero attached hydrogens (tertiary/aromatic N) is 5. The SMILES string of the molecule is C[C@H]1CN(C(=O)c2csc(-c3cnn(-c4ccccn4)c3)n2)CCN1. The first kappa shape index (κ1) is 15.9. The number of carbonyl (C=O) groups is 1. The van der Waals surface area contributed by atoms with Crippen LogP contribution in [-0.4, -0.2) is 56.2 Å². The third-order valence-electron chi connectivity index (χ3n) is 4.09. The summed E-state index contributed by atoms with van der Waals surface area (Å²) in [6.45, 7) is 4.33. The van der Waals surface area contributed by atoms with E-state index in [-0.39, 0.29) is 5.91 Å². The zero-order chi connectivity index (χ0) is 17.2. The smallest absolute Gasteiger partial charge is 0.273 e. The molecule has 7 nitrogen and oxygen atoms in total. The van der Waals surface area contributed by atoms with Gasteiger partial charge in [0.2, 0.25) is 0 Å². The highest BCUT2D eigenvalue weighted by Crippen LogP contribution is 2.24. The number of piperazine rings is 1. The van der Waals surface area contributed by atoms with E-state index < -0.39 is 0 Å². The van der Waals surface area contributed by atoms with Crippen molar-refractivity contribution < 1.29 is 4.79 Å². The predicted molar refractivity (Wildman–Crippen MR) is 95.8 cm³/mol. The summed E-state index contributed by atoms with van der Waals surface area (Å²) in [7, 11) is 0. The van der Waals surface area contributed by atoms with Gasteiger partial charge in [-0.15, -0.1) is 11.3 Å². The van der Waals surface area contributed by atoms with Crippen LogP contribution in [0.3, 0.4) is 0 Å². The highest BCUT2D eigenvalue weighted by Gasteiger charge is 2.23. The van der Waals surface area contributed by atoms with E-state index in [4.69, 9.17) is 0 Å². The van der Waals surface area contributed by atoms with Crippen LogP contribution in [0.1, 0.15) is 17.4 Å². The molecule has 0 aliphatic carbocycles. The fourth-order valence-corrected chi connectivity index (χ4v) is 3.60. The molecule has 0 aromatic carbocycles. The molecule has 25 heavy (non-hydrogen) atoms. The van der Waals surface area contributed by atoms with Gasteiger partial charge in [0.15, 0.2) is 5.82 Å². The predicted octanol–water partition coefficient (Wildman–Crippen LogP) is 1.82. The molecule has 0 saturated carbocycles. The molecule has 0 unspecified atom stereocenters. The van der Waals surface area contributed by atoms with E-state index in [2.05, 4.69) is 27.3 Å². The maximum Gasteiger partial charge on any atom is 0.273 e. The Morgan fingerprint density at radius 3 is 3.12 bits per heavy atom. The second kappa shape index (κ2) is 6.73. The third kappa shape index (κ3) is 3.31. The van der Waals surface area contributed by atoms with Crippen LogP contribution in [0.4, 0.5) is 0 Å². The van der Waals surface area contributed by atoms with Crippen molar-refractivity contribution in [2.45, 2.75) is 13.0 Å². The van der Waals surface area contributed by atoms with E-state index in [1.54, 1.807) is 17.1 Å². The lowest BCUT2D eigenvalue weighted by molar-refractivity contribution is 0.0704. The fourth-order valence-electron chi connectivity index (χ4n) is 2.83. The number of hydrogen-bond acceptors (Lipinski definition) is 6. The summed E-state index contributed by atoms with van der Waals surface area (Å²) in [5.74, 6) is 0.740. The summed E-state index contributed by atoms with van der Waals surface area (Å²) in [6, 6.07) is 5.98. The highest BCUT2D eigenvalue weighted by atomic mass is 32.1. The van der Waals surface area contributed by atoms with Gasteiger partial charge in [0.05, 0.1) is 6.20 Å². The lowest BCUT2D eigenvalue weighted by Crippen LogP contribution is -2.51. The second-order valence-electron chi connectivity index (χ2n) is 6.01. The standard InChI is InChI=1S/C17H18N6OS/c1-12-9-22(7-6-18-12)17(24)14-11-25-16(21-14)13-8-20-23(10-13)15-4-2-3-5-19-15/h2-5,8,10-12,18H,6-7,9H2,1H3/t12-/m0/s1. The van der Waals surface area contributed by atoms with Crippen LogP contribution in [-0.2, 0) is 0 Å². The van der Waals surface area contributed by atoms with Crippen molar-refractivity contribution in [1.82, 2.24) is 30.0 Å². The van der Waals surface area contributed by atoms with Gasteiger partial charge in [-0.3, -0.25) is 4.79 Å². The maximum atomic E-state index is 12.6. The van der Waals surface area contributed by atoms with Crippen molar-refractivity contribution in [2.75, 3.05) is 19.6 Å². The minimum atomic E-state index is -0.00651. The second-order valence-corrected chi connectivity index (χ2v) is 6.86. The van der Waals surface area contributed by atoms with E-state index in [9.17, 15) is 4.79 Å². The van der Waals surface area contributed by atoms with E-state index in [0.717, 1.165) is 22.9 Å². The molecule has 1 aliphatic rings. The van der Waals surface area contributed by atoms with Crippen LogP contribution in [0.5, 0.6) is 0 Å². The van der Waals surface area contributed by atoms with Crippen LogP contribution in [0.25, 0.3) is 16.4 Å². The van der Waals surface area contributed by atoms with Crippen LogP contribution < -0.4 is 5.32 Å². The molecular formula is C17H18N6OS. The first-order valence-electron chi connectivity index (χ1n) is 8.15. The summed E-state index contributed by atoms with van der Waals surface area (Å²) in [5, 5.41) is 10.3. The number of pyridine rings is 1. The molecule has 4 rings (SSSR count). The molecule has 1 N–H and O–H groups in total. The average molecular weight is 354 g/mol. The van der Waals surface area contributed by atoms with Gasteiger partial charge < -0.3 is 10.2 Å². The number of thiazole rings is 1. The molecule has 1 aliphatic heterocycles. The number of nitrogens with one attached hydrogen (secondary N) is 1. The minimum Gasteiger partial charge on any atom is -0.334 e. The Kier molecular flexibility index (Phi) is 4.29. The van der Waals surface area contributed by atoms with Gasteiger partial charge in [0, 0.05) is 49.0 Å². The van der Waals surface area contributed by atoms with Gasteiger partial charge in [-0.2, -0.15) is 5.10 Å². The van der Waals surface area contributed by atoms with Gasteiger partial charge in [0.1, 0.15) is 10.7 Å². The molecule has 8 heteroatoms. The monoisotopic (exact) mass is 354 g/mol. The van der Waals surface area contributed by atoms with Crippen LogP contribution >= 0.6 is 11.3 Å². The van der Waals surface area contributed by atoms with E-state index >= 15 is 0 Å². The summed E-state index contributed by atoms with van der Waals surface area (Å²) in [5.41, 5.74) is 1.38. The van der Waals surface area contributed by atoms with Crippen molar-refractivity contribution in [2.24, 2.45) is 0 Å². The lowest BCUT2D eigenvalue weighted by Gasteiger charge is -2.31. The van der Waals surface area contributed by atoms with Gasteiger partial charge in [-0.1, -0.05) is 6.07 Å². The van der Waals surface area contributed by atoms with Gasteiger partial charge in [0.25, 0.3) is 5.91 Å². The zero-order valence-electron chi connectivity index (χ0n) is 13.8. The molecule has 128 valence electrons. The van der Waals surface area contributed by atoms with Crippen molar-refractivity contribution >= 4 is 17.2 Å². The van der Waals surface area contributed by atoms with Crippen molar-refractivity contribution in [1.29, 1.82) is 0 Å². The first-order chi connectivity index (χ1) is 12.2. The molecule has 0 spiro atoms. The van der Waals surface area contributed by atoms with Crippen molar-refractivity contribution in [3.05, 3.63) is 47.9 Å². The Labute approximate surface area is 149 Å². The Bertz CT molecular complexity index is 874. The van der Waals surface area contributed by atoms with Crippen molar-refractivity contribution in [3.8, 4) is 16.4 Å². The largest absolute Gasteiger partial charge is 0.334 e. The van der Waals surface area contributed by atoms with Crippen LogP contribution in [0, 0.1) is 0 Å². The Morgan fingerprint density at radius 2 is 2.32 bits per heavy atom. The quantitative estimate of drug-likeness (QED) is 0.776. The number of hydrogen-bond donors (Lipinski definition) is 1. The molecule has 4 heterocycles. The topological polar surface area (TPSA) is 75.9 Å². The summed E-state index contributed by atoms with van der Waals surface area (Å²) in [6.07, 6.45) is 5.35. The van der Waals surface area contributed by atoms with Crippen LogP contribution in [0.2, 0.25) is 0 Å². The minimum absolute atomic E-state index is 0.00651. The van der Waals surface area contributed by atoms with Crippen molar-refractivity contribution in [3.63, 3.8) is 0 Å². The number of aromatic nitrogens is 4. The molecule has 0 radical (unpaired) electrons. The summed E-state index contributed by atoms with van der Waals surface area (Å²) < 4.78 is 1.70. The Hall–Kier alpha value is -2.58. The molecule has 0 bridgehead atoms. The Balaban J connectivity index is 1.53. The summed E-state index contributed by atoms with van der Waals surface area (Å²) >= 11 is 1.46. The maximum absolute atomic E-state index is 12.6. The average Bonchev–Trinajstić information content (AvgIpc) is 3.31. The molecule has 1 amide bonds. The van der Waals surface area contributed by atoms with Crippen LogP contribution in [0.15, 0.2) is 42.2 Å². The van der Waals surface area contributed by atoms with E-state index in [0.29, 0.717) is 24.8 Å². The normalized spacial score (nSPS) is 17.6. The van der Waals surface area contributed by atoms with Gasteiger partial charge in [-0.05, 0) is 19.1 Å². The summed E-state index contributed by atoms with van der Waals surface area (Å²) in [4.78, 5) is 23.3. The molecule has 1 fully saturated rings. The third-order valence-corrected chi connectivity index (χ3v) is 4.98. The van der Waals surface area contributed by atoms with E-state index in [1.165, 1.54) is 11.3 Å². The molecule has 3 aromatic heterocycles. The van der Waals surface area contributed by atoms with Gasteiger partial charge >= 0.3 is 0 Å². The number of carbonyl (C=O) groups excluding carboxylic acids is 1. The molecule has 3 aromatic rings. The molecule has 1 saturated heterocycles. The fraction of sp³-hybridized carbons (Fsp3) is 0.294. The van der Waals surface area contributed by atoms with E-state index in [1.807, 2.05) is 34.7 Å². The molecular weight excluding hydrogens is 336 g/mol. The van der Waals surface area contributed by atoms with Gasteiger partial charge in [-0.25, -0.2) is 14.6 Å². The first-order valence-corrected chi connectivity index (χ1v) is 9.03. The number of rotatable bonds is 3.